The highest BCUT2D eigenvalue weighted by Crippen LogP contribution is 2.26. The van der Waals surface area contributed by atoms with Crippen molar-refractivity contribution < 1.29 is 14.6 Å². The summed E-state index contributed by atoms with van der Waals surface area (Å²) in [6, 6.07) is 13.0. The summed E-state index contributed by atoms with van der Waals surface area (Å²) in [5.41, 5.74) is 2.82. The van der Waals surface area contributed by atoms with E-state index in [-0.39, 0.29) is 6.42 Å². The molecule has 0 spiro atoms. The molecular formula is C16H15ClO3. The van der Waals surface area contributed by atoms with Crippen LogP contribution in [0.1, 0.15) is 16.7 Å². The van der Waals surface area contributed by atoms with Crippen molar-refractivity contribution in [3.63, 3.8) is 0 Å². The highest BCUT2D eigenvalue weighted by Gasteiger charge is 2.03. The average Bonchev–Trinajstić information content (AvgIpc) is 2.39. The molecular weight excluding hydrogens is 276 g/mol. The molecule has 3 nitrogen and oxygen atoms in total. The highest BCUT2D eigenvalue weighted by molar-refractivity contribution is 6.32. The zero-order valence-corrected chi connectivity index (χ0v) is 11.9. The second kappa shape index (κ2) is 6.44. The van der Waals surface area contributed by atoms with Crippen molar-refractivity contribution in [2.45, 2.75) is 20.0 Å². The Labute approximate surface area is 122 Å². The number of carboxylic acids is 1. The Morgan fingerprint density at radius 3 is 2.40 bits per heavy atom. The lowest BCUT2D eigenvalue weighted by atomic mass is 10.1. The molecule has 0 aliphatic heterocycles. The second-order valence-electron chi connectivity index (χ2n) is 4.61. The fourth-order valence-corrected chi connectivity index (χ4v) is 2.10. The van der Waals surface area contributed by atoms with Crippen molar-refractivity contribution in [1.29, 1.82) is 0 Å². The van der Waals surface area contributed by atoms with E-state index in [1.165, 1.54) is 0 Å². The lowest BCUT2D eigenvalue weighted by Crippen LogP contribution is -2.01. The van der Waals surface area contributed by atoms with Gasteiger partial charge in [0.2, 0.25) is 0 Å². The van der Waals surface area contributed by atoms with Gasteiger partial charge in [0, 0.05) is 0 Å². The van der Waals surface area contributed by atoms with Crippen molar-refractivity contribution in [2.75, 3.05) is 0 Å². The van der Waals surface area contributed by atoms with Crippen molar-refractivity contribution in [3.05, 3.63) is 64.2 Å². The SMILES string of the molecule is Cc1ccc(OCc2ccc(CC(=O)O)cc2)c(Cl)c1. The molecule has 20 heavy (non-hydrogen) atoms. The summed E-state index contributed by atoms with van der Waals surface area (Å²) in [5, 5.41) is 9.29. The topological polar surface area (TPSA) is 46.5 Å². The minimum atomic E-state index is -0.833. The van der Waals surface area contributed by atoms with Gasteiger partial charge < -0.3 is 9.84 Å². The standard InChI is InChI=1S/C16H15ClO3/c1-11-2-7-15(14(17)8-11)20-10-13-5-3-12(4-6-13)9-16(18)19/h2-8H,9-10H2,1H3,(H,18,19). The minimum absolute atomic E-state index is 0.0327. The van der Waals surface area contributed by atoms with Crippen LogP contribution < -0.4 is 4.74 Å². The fourth-order valence-electron chi connectivity index (χ4n) is 1.81. The summed E-state index contributed by atoms with van der Waals surface area (Å²) in [7, 11) is 0. The van der Waals surface area contributed by atoms with Crippen LogP contribution in [0.5, 0.6) is 5.75 Å². The summed E-state index contributed by atoms with van der Waals surface area (Å²) in [4.78, 5) is 10.6. The first kappa shape index (κ1) is 14.4. The van der Waals surface area contributed by atoms with Crippen molar-refractivity contribution in [2.24, 2.45) is 0 Å². The molecule has 2 aromatic rings. The van der Waals surface area contributed by atoms with Crippen LogP contribution in [0.15, 0.2) is 42.5 Å². The Balaban J connectivity index is 1.98. The number of halogens is 1. The Hall–Kier alpha value is -2.00. The van der Waals surface area contributed by atoms with Gasteiger partial charge in [0.1, 0.15) is 12.4 Å². The number of carbonyl (C=O) groups is 1. The van der Waals surface area contributed by atoms with Gasteiger partial charge in [-0.3, -0.25) is 4.79 Å². The Morgan fingerprint density at radius 1 is 1.15 bits per heavy atom. The number of rotatable bonds is 5. The fraction of sp³-hybridized carbons (Fsp3) is 0.188. The van der Waals surface area contributed by atoms with E-state index in [0.29, 0.717) is 17.4 Å². The van der Waals surface area contributed by atoms with Crippen LogP contribution in [-0.4, -0.2) is 11.1 Å². The van der Waals surface area contributed by atoms with Crippen LogP contribution in [0.2, 0.25) is 5.02 Å². The van der Waals surface area contributed by atoms with Crippen LogP contribution >= 0.6 is 11.6 Å². The quantitative estimate of drug-likeness (QED) is 0.909. The first-order chi connectivity index (χ1) is 9.54. The number of hydrogen-bond donors (Lipinski definition) is 1. The lowest BCUT2D eigenvalue weighted by Gasteiger charge is -2.09. The van der Waals surface area contributed by atoms with Crippen LogP contribution in [0, 0.1) is 6.92 Å². The third-order valence-corrected chi connectivity index (χ3v) is 3.16. The number of benzene rings is 2. The van der Waals surface area contributed by atoms with Gasteiger partial charge in [-0.05, 0) is 35.7 Å². The molecule has 104 valence electrons. The van der Waals surface area contributed by atoms with Crippen LogP contribution in [-0.2, 0) is 17.8 Å². The Kier molecular flexibility index (Phi) is 4.64. The summed E-state index contributed by atoms with van der Waals surface area (Å²) < 4.78 is 5.65. The maximum absolute atomic E-state index is 10.6. The van der Waals surface area contributed by atoms with Gasteiger partial charge >= 0.3 is 5.97 Å². The molecule has 0 aromatic heterocycles. The number of aliphatic carboxylic acids is 1. The molecule has 0 saturated carbocycles. The maximum atomic E-state index is 10.6. The summed E-state index contributed by atoms with van der Waals surface area (Å²) in [6.45, 7) is 2.37. The van der Waals surface area contributed by atoms with Crippen LogP contribution in [0.4, 0.5) is 0 Å². The first-order valence-electron chi connectivity index (χ1n) is 6.23. The van der Waals surface area contributed by atoms with E-state index in [1.54, 1.807) is 12.1 Å². The van der Waals surface area contributed by atoms with Crippen molar-refractivity contribution in [1.82, 2.24) is 0 Å². The zero-order chi connectivity index (χ0) is 14.5. The Morgan fingerprint density at radius 2 is 1.80 bits per heavy atom. The maximum Gasteiger partial charge on any atom is 0.307 e. The van der Waals surface area contributed by atoms with Crippen LogP contribution in [0.3, 0.4) is 0 Å². The molecule has 4 heteroatoms. The van der Waals surface area contributed by atoms with Gasteiger partial charge in [0.15, 0.2) is 0 Å². The lowest BCUT2D eigenvalue weighted by molar-refractivity contribution is -0.136. The van der Waals surface area contributed by atoms with E-state index >= 15 is 0 Å². The predicted octanol–water partition coefficient (Wildman–Crippen LogP) is 3.85. The molecule has 2 aromatic carbocycles. The molecule has 0 aliphatic rings. The number of hydrogen-bond acceptors (Lipinski definition) is 2. The van der Waals surface area contributed by atoms with E-state index in [9.17, 15) is 4.79 Å². The van der Waals surface area contributed by atoms with E-state index in [1.807, 2.05) is 37.3 Å². The smallest absolute Gasteiger partial charge is 0.307 e. The van der Waals surface area contributed by atoms with Gasteiger partial charge in [-0.1, -0.05) is 41.9 Å². The molecule has 0 unspecified atom stereocenters. The number of ether oxygens (including phenoxy) is 1. The molecule has 0 amide bonds. The first-order valence-corrected chi connectivity index (χ1v) is 6.61. The summed E-state index contributed by atoms with van der Waals surface area (Å²) in [6.07, 6.45) is 0.0327. The average molecular weight is 291 g/mol. The van der Waals surface area contributed by atoms with E-state index in [2.05, 4.69) is 0 Å². The number of carboxylic acid groups (broad SMARTS) is 1. The molecule has 0 aliphatic carbocycles. The Bertz CT molecular complexity index is 606. The van der Waals surface area contributed by atoms with Gasteiger partial charge in [-0.2, -0.15) is 0 Å². The molecule has 2 rings (SSSR count). The van der Waals surface area contributed by atoms with Crippen LogP contribution in [0.25, 0.3) is 0 Å². The molecule has 0 radical (unpaired) electrons. The molecule has 1 N–H and O–H groups in total. The van der Waals surface area contributed by atoms with E-state index in [4.69, 9.17) is 21.4 Å². The molecule has 0 atom stereocenters. The molecule has 0 heterocycles. The van der Waals surface area contributed by atoms with Gasteiger partial charge in [-0.15, -0.1) is 0 Å². The second-order valence-corrected chi connectivity index (χ2v) is 5.02. The predicted molar refractivity (Wildman–Crippen MR) is 78.3 cm³/mol. The monoisotopic (exact) mass is 290 g/mol. The molecule has 0 saturated heterocycles. The summed E-state index contributed by atoms with van der Waals surface area (Å²) in [5.74, 6) is -0.188. The van der Waals surface area contributed by atoms with E-state index < -0.39 is 5.97 Å². The largest absolute Gasteiger partial charge is 0.487 e. The normalized spacial score (nSPS) is 10.3. The van der Waals surface area contributed by atoms with Crippen molar-refractivity contribution in [3.8, 4) is 5.75 Å². The van der Waals surface area contributed by atoms with Gasteiger partial charge in [-0.25, -0.2) is 0 Å². The molecule has 0 fully saturated rings. The van der Waals surface area contributed by atoms with Gasteiger partial charge in [0.05, 0.1) is 11.4 Å². The van der Waals surface area contributed by atoms with Crippen molar-refractivity contribution >= 4 is 17.6 Å². The zero-order valence-electron chi connectivity index (χ0n) is 11.1. The summed E-state index contributed by atoms with van der Waals surface area (Å²) >= 11 is 6.09. The third kappa shape index (κ3) is 4.00. The third-order valence-electron chi connectivity index (χ3n) is 2.86. The number of aryl methyl sites for hydroxylation is 1. The van der Waals surface area contributed by atoms with Gasteiger partial charge in [0.25, 0.3) is 0 Å². The molecule has 0 bridgehead atoms. The van der Waals surface area contributed by atoms with E-state index in [0.717, 1.165) is 16.7 Å². The minimum Gasteiger partial charge on any atom is -0.487 e. The highest BCUT2D eigenvalue weighted by atomic mass is 35.5.